The van der Waals surface area contributed by atoms with E-state index >= 15 is 0 Å². The van der Waals surface area contributed by atoms with Crippen LogP contribution in [0.4, 0.5) is 4.79 Å². The summed E-state index contributed by atoms with van der Waals surface area (Å²) in [6, 6.07) is 9.52. The average molecular weight is 315 g/mol. The van der Waals surface area contributed by atoms with Crippen LogP contribution in [0.3, 0.4) is 0 Å². The zero-order valence-electron chi connectivity index (χ0n) is 12.0. The molecule has 0 aromatic heterocycles. The van der Waals surface area contributed by atoms with E-state index in [0.717, 1.165) is 18.4 Å². The van der Waals surface area contributed by atoms with Gasteiger partial charge in [-0.15, -0.1) is 0 Å². The molecule has 0 heterocycles. The Labute approximate surface area is 152 Å². The van der Waals surface area contributed by atoms with E-state index in [1.807, 2.05) is 30.3 Å². The van der Waals surface area contributed by atoms with Gasteiger partial charge in [0, 0.05) is 6.54 Å². The van der Waals surface area contributed by atoms with Crippen LogP contribution in [-0.2, 0) is 16.1 Å². The molecule has 1 fully saturated rings. The molecule has 2 rings (SSSR count). The molecule has 1 saturated carbocycles. The van der Waals surface area contributed by atoms with Crippen molar-refractivity contribution in [2.75, 3.05) is 6.54 Å². The molecule has 0 aliphatic heterocycles. The molecule has 1 aliphatic carbocycles. The molecule has 0 saturated heterocycles. The molecule has 0 unspecified atom stereocenters. The van der Waals surface area contributed by atoms with E-state index in [9.17, 15) is 9.59 Å². The number of carbonyl (C=O) groups excluding carboxylic acids is 1. The number of carboxylic acids is 1. The zero-order chi connectivity index (χ0) is 15.1. The van der Waals surface area contributed by atoms with Gasteiger partial charge in [-0.05, 0) is 37.2 Å². The first-order valence-electron chi connectivity index (χ1n) is 7.32. The Morgan fingerprint density at radius 3 is 2.36 bits per heavy atom. The molecule has 0 radical (unpaired) electrons. The minimum atomic E-state index is -0.705. The minimum absolute atomic E-state index is 0. The SMILES string of the molecule is O=C(NCC1CCC(C(=O)O)CC1)OCc1ccccc1.[NaH]. The molecule has 5 nitrogen and oxygen atoms in total. The Morgan fingerprint density at radius 2 is 1.77 bits per heavy atom. The fourth-order valence-corrected chi connectivity index (χ4v) is 2.62. The predicted molar refractivity (Wildman–Crippen MR) is 84.9 cm³/mol. The monoisotopic (exact) mass is 315 g/mol. The van der Waals surface area contributed by atoms with Gasteiger partial charge in [0.2, 0.25) is 0 Å². The first kappa shape index (κ1) is 19.0. The summed E-state index contributed by atoms with van der Waals surface area (Å²) in [6.45, 7) is 0.818. The number of hydrogen-bond donors (Lipinski definition) is 2. The van der Waals surface area contributed by atoms with Crippen LogP contribution in [0.2, 0.25) is 0 Å². The van der Waals surface area contributed by atoms with Crippen LogP contribution in [0, 0.1) is 11.8 Å². The van der Waals surface area contributed by atoms with E-state index < -0.39 is 12.1 Å². The number of benzene rings is 1. The van der Waals surface area contributed by atoms with Crippen molar-refractivity contribution >= 4 is 41.6 Å². The van der Waals surface area contributed by atoms with Gasteiger partial charge in [-0.2, -0.15) is 0 Å². The van der Waals surface area contributed by atoms with Crippen molar-refractivity contribution in [1.29, 1.82) is 0 Å². The second-order valence-electron chi connectivity index (χ2n) is 5.50. The summed E-state index contributed by atoms with van der Waals surface area (Å²) in [5, 5.41) is 11.7. The van der Waals surface area contributed by atoms with Crippen molar-refractivity contribution in [3.05, 3.63) is 35.9 Å². The Balaban J connectivity index is 0.00000242. The van der Waals surface area contributed by atoms with Crippen LogP contribution in [0.1, 0.15) is 31.2 Å². The number of hydrogen-bond acceptors (Lipinski definition) is 3. The molecule has 6 heteroatoms. The maximum atomic E-state index is 11.6. The third-order valence-corrected chi connectivity index (χ3v) is 3.94. The van der Waals surface area contributed by atoms with E-state index in [2.05, 4.69) is 5.32 Å². The Kier molecular flexibility index (Phi) is 8.53. The van der Waals surface area contributed by atoms with Gasteiger partial charge >= 0.3 is 41.6 Å². The fraction of sp³-hybridized carbons (Fsp3) is 0.500. The molecule has 1 aromatic rings. The summed E-state index contributed by atoms with van der Waals surface area (Å²) in [5.74, 6) is -0.570. The summed E-state index contributed by atoms with van der Waals surface area (Å²) < 4.78 is 5.13. The normalized spacial score (nSPS) is 20.5. The van der Waals surface area contributed by atoms with Crippen molar-refractivity contribution in [3.63, 3.8) is 0 Å². The number of rotatable bonds is 5. The summed E-state index contributed by atoms with van der Waals surface area (Å²) in [7, 11) is 0. The summed E-state index contributed by atoms with van der Waals surface area (Å²) in [4.78, 5) is 22.5. The Bertz CT molecular complexity index is 472. The molecular formula is C16H22NNaO4. The van der Waals surface area contributed by atoms with E-state index in [0.29, 0.717) is 25.3 Å². The molecule has 22 heavy (non-hydrogen) atoms. The number of nitrogens with one attached hydrogen (secondary N) is 1. The van der Waals surface area contributed by atoms with Crippen molar-refractivity contribution in [1.82, 2.24) is 5.32 Å². The molecular weight excluding hydrogens is 293 g/mol. The van der Waals surface area contributed by atoms with Crippen LogP contribution in [-0.4, -0.2) is 53.3 Å². The van der Waals surface area contributed by atoms with Gasteiger partial charge in [0.25, 0.3) is 0 Å². The first-order valence-corrected chi connectivity index (χ1v) is 7.32. The third kappa shape index (κ3) is 6.38. The zero-order valence-corrected chi connectivity index (χ0v) is 12.0. The number of carbonyl (C=O) groups is 2. The van der Waals surface area contributed by atoms with Crippen molar-refractivity contribution < 1.29 is 19.4 Å². The standard InChI is InChI=1S/C16H21NO4.Na.H/c18-15(19)14-8-6-12(7-9-14)10-17-16(20)21-11-13-4-2-1-3-5-13;;/h1-5,12,14H,6-11H2,(H,17,20)(H,18,19);;. The van der Waals surface area contributed by atoms with Gasteiger partial charge in [-0.1, -0.05) is 30.3 Å². The third-order valence-electron chi connectivity index (χ3n) is 3.94. The first-order chi connectivity index (χ1) is 10.1. The molecule has 116 valence electrons. The second-order valence-corrected chi connectivity index (χ2v) is 5.50. The molecule has 1 aromatic carbocycles. The molecule has 1 aliphatic rings. The number of ether oxygens (including phenoxy) is 1. The van der Waals surface area contributed by atoms with Gasteiger partial charge in [-0.3, -0.25) is 4.79 Å². The summed E-state index contributed by atoms with van der Waals surface area (Å²) in [6.07, 6.45) is 2.66. The van der Waals surface area contributed by atoms with Gasteiger partial charge in [0.05, 0.1) is 5.92 Å². The van der Waals surface area contributed by atoms with Crippen LogP contribution in [0.15, 0.2) is 30.3 Å². The predicted octanol–water partition coefficient (Wildman–Crippen LogP) is 2.16. The van der Waals surface area contributed by atoms with Crippen LogP contribution in [0.25, 0.3) is 0 Å². The fourth-order valence-electron chi connectivity index (χ4n) is 2.62. The van der Waals surface area contributed by atoms with Gasteiger partial charge in [0.15, 0.2) is 0 Å². The van der Waals surface area contributed by atoms with E-state index in [4.69, 9.17) is 9.84 Å². The van der Waals surface area contributed by atoms with Crippen molar-refractivity contribution in [3.8, 4) is 0 Å². The van der Waals surface area contributed by atoms with Crippen LogP contribution >= 0.6 is 0 Å². The van der Waals surface area contributed by atoms with Gasteiger partial charge in [0.1, 0.15) is 6.61 Å². The summed E-state index contributed by atoms with van der Waals surface area (Å²) in [5.41, 5.74) is 0.953. The van der Waals surface area contributed by atoms with Crippen LogP contribution < -0.4 is 5.32 Å². The Hall–Kier alpha value is -1.04. The molecule has 1 amide bonds. The van der Waals surface area contributed by atoms with Crippen molar-refractivity contribution in [2.45, 2.75) is 32.3 Å². The van der Waals surface area contributed by atoms with Crippen molar-refractivity contribution in [2.24, 2.45) is 11.8 Å². The molecule has 2 N–H and O–H groups in total. The molecule has 0 bridgehead atoms. The maximum absolute atomic E-state index is 11.6. The van der Waals surface area contributed by atoms with E-state index in [1.165, 1.54) is 0 Å². The molecule has 0 atom stereocenters. The summed E-state index contributed by atoms with van der Waals surface area (Å²) >= 11 is 0. The second kappa shape index (κ2) is 9.87. The Morgan fingerprint density at radius 1 is 1.14 bits per heavy atom. The van der Waals surface area contributed by atoms with Gasteiger partial charge < -0.3 is 15.2 Å². The average Bonchev–Trinajstić information content (AvgIpc) is 2.52. The van der Waals surface area contributed by atoms with Gasteiger partial charge in [-0.25, -0.2) is 4.79 Å². The number of carboxylic acid groups (broad SMARTS) is 1. The quantitative estimate of drug-likeness (QED) is 0.817. The topological polar surface area (TPSA) is 75.6 Å². The van der Waals surface area contributed by atoms with Crippen LogP contribution in [0.5, 0.6) is 0 Å². The van der Waals surface area contributed by atoms with E-state index in [-0.39, 0.29) is 42.1 Å². The number of aliphatic carboxylic acids is 1. The van der Waals surface area contributed by atoms with E-state index in [1.54, 1.807) is 0 Å². The number of alkyl carbamates (subject to hydrolysis) is 1. The molecule has 0 spiro atoms. The number of amides is 1.